The van der Waals surface area contributed by atoms with Gasteiger partial charge < -0.3 is 15.1 Å². The Morgan fingerprint density at radius 3 is 2.37 bits per heavy atom. The molecule has 0 bridgehead atoms. The van der Waals surface area contributed by atoms with Crippen molar-refractivity contribution in [1.29, 1.82) is 0 Å². The molecule has 0 spiro atoms. The van der Waals surface area contributed by atoms with E-state index in [2.05, 4.69) is 64.5 Å². The zero-order valence-electron chi connectivity index (χ0n) is 18.1. The summed E-state index contributed by atoms with van der Waals surface area (Å²) in [4.78, 5) is 19.9. The van der Waals surface area contributed by atoms with Crippen molar-refractivity contribution in [2.24, 2.45) is 0 Å². The molecule has 2 aromatic carbocycles. The Morgan fingerprint density at radius 2 is 1.63 bits per heavy atom. The van der Waals surface area contributed by atoms with Gasteiger partial charge in [0.25, 0.3) is 0 Å². The van der Waals surface area contributed by atoms with Crippen molar-refractivity contribution in [3.05, 3.63) is 60.2 Å². The summed E-state index contributed by atoms with van der Waals surface area (Å²) in [6.07, 6.45) is 4.87. The van der Waals surface area contributed by atoms with E-state index in [9.17, 15) is 4.79 Å². The molecule has 1 N–H and O–H groups in total. The van der Waals surface area contributed by atoms with Crippen molar-refractivity contribution in [3.63, 3.8) is 0 Å². The van der Waals surface area contributed by atoms with Crippen molar-refractivity contribution in [1.82, 2.24) is 9.80 Å². The van der Waals surface area contributed by atoms with Gasteiger partial charge >= 0.3 is 6.03 Å². The van der Waals surface area contributed by atoms with Crippen LogP contribution in [0.25, 0.3) is 0 Å². The lowest BCUT2D eigenvalue weighted by Gasteiger charge is -2.30. The number of nitrogens with one attached hydrogen (secondary N) is 1. The van der Waals surface area contributed by atoms with Crippen LogP contribution in [0.3, 0.4) is 0 Å². The van der Waals surface area contributed by atoms with E-state index in [1.165, 1.54) is 30.5 Å². The third kappa shape index (κ3) is 5.33. The van der Waals surface area contributed by atoms with E-state index in [1.807, 2.05) is 17.0 Å². The van der Waals surface area contributed by atoms with Crippen LogP contribution in [0.1, 0.15) is 38.2 Å². The molecule has 0 unspecified atom stereocenters. The number of urea groups is 1. The van der Waals surface area contributed by atoms with Crippen molar-refractivity contribution >= 4 is 17.4 Å². The molecule has 2 amide bonds. The molecule has 2 aromatic rings. The lowest BCUT2D eigenvalue weighted by Crippen LogP contribution is -2.44. The van der Waals surface area contributed by atoms with E-state index in [0.717, 1.165) is 51.4 Å². The summed E-state index contributed by atoms with van der Waals surface area (Å²) in [5.41, 5.74) is 3.46. The van der Waals surface area contributed by atoms with Gasteiger partial charge in [-0.15, -0.1) is 0 Å². The monoisotopic (exact) mass is 406 g/mol. The normalized spacial score (nSPS) is 20.6. The standard InChI is InChI=1S/C25H34N4O/c1-21-19-27(20-22-9-4-2-5-10-22)15-8-18-29(21)25(30)26-23-11-13-24(14-12-23)28-16-6-3-7-17-28/h2,4-5,9-14,21H,3,6-8,15-20H2,1H3,(H,26,30)/t21-/m1/s1. The molecule has 2 heterocycles. The average molecular weight is 407 g/mol. The Labute approximate surface area is 180 Å². The van der Waals surface area contributed by atoms with Crippen LogP contribution in [0.5, 0.6) is 0 Å². The highest BCUT2D eigenvalue weighted by Gasteiger charge is 2.25. The molecule has 0 aromatic heterocycles. The second kappa shape index (κ2) is 9.98. The topological polar surface area (TPSA) is 38.8 Å². The van der Waals surface area contributed by atoms with Crippen molar-refractivity contribution < 1.29 is 4.79 Å². The molecule has 2 aliphatic heterocycles. The van der Waals surface area contributed by atoms with Gasteiger partial charge in [0, 0.05) is 56.7 Å². The number of rotatable bonds is 4. The molecule has 4 rings (SSSR count). The molecule has 2 aliphatic rings. The highest BCUT2D eigenvalue weighted by molar-refractivity contribution is 5.89. The molecule has 0 radical (unpaired) electrons. The molecule has 5 heteroatoms. The first kappa shape index (κ1) is 20.7. The number of carbonyl (C=O) groups is 1. The quantitative estimate of drug-likeness (QED) is 0.792. The second-order valence-electron chi connectivity index (χ2n) is 8.64. The fourth-order valence-electron chi connectivity index (χ4n) is 4.64. The first-order valence-corrected chi connectivity index (χ1v) is 11.4. The van der Waals surface area contributed by atoms with E-state index < -0.39 is 0 Å². The van der Waals surface area contributed by atoms with Crippen LogP contribution >= 0.6 is 0 Å². The summed E-state index contributed by atoms with van der Waals surface area (Å²) in [6, 6.07) is 19.1. The molecular weight excluding hydrogens is 372 g/mol. The zero-order valence-corrected chi connectivity index (χ0v) is 18.1. The lowest BCUT2D eigenvalue weighted by molar-refractivity contribution is 0.184. The second-order valence-corrected chi connectivity index (χ2v) is 8.64. The summed E-state index contributed by atoms with van der Waals surface area (Å²) in [6.45, 7) is 8.09. The molecule has 0 saturated carbocycles. The van der Waals surface area contributed by atoms with E-state index in [4.69, 9.17) is 0 Å². The van der Waals surface area contributed by atoms with Gasteiger partial charge in [-0.1, -0.05) is 30.3 Å². The summed E-state index contributed by atoms with van der Waals surface area (Å²) in [5.74, 6) is 0. The maximum Gasteiger partial charge on any atom is 0.322 e. The largest absolute Gasteiger partial charge is 0.372 e. The number of amides is 2. The zero-order chi connectivity index (χ0) is 20.8. The Balaban J connectivity index is 1.32. The van der Waals surface area contributed by atoms with Crippen LogP contribution in [0, 0.1) is 0 Å². The number of nitrogens with zero attached hydrogens (tertiary/aromatic N) is 3. The van der Waals surface area contributed by atoms with E-state index in [0.29, 0.717) is 0 Å². The van der Waals surface area contributed by atoms with Crippen LogP contribution in [0.2, 0.25) is 0 Å². The summed E-state index contributed by atoms with van der Waals surface area (Å²) in [7, 11) is 0. The molecule has 5 nitrogen and oxygen atoms in total. The summed E-state index contributed by atoms with van der Waals surface area (Å²) in [5, 5.41) is 3.11. The van der Waals surface area contributed by atoms with Gasteiger partial charge in [-0.2, -0.15) is 0 Å². The molecule has 2 saturated heterocycles. The SMILES string of the molecule is C[C@@H]1CN(Cc2ccccc2)CCCN1C(=O)Nc1ccc(N2CCCCC2)cc1. The van der Waals surface area contributed by atoms with Crippen LogP contribution in [0.4, 0.5) is 16.2 Å². The van der Waals surface area contributed by atoms with Crippen molar-refractivity contribution in [3.8, 4) is 0 Å². The van der Waals surface area contributed by atoms with Crippen LogP contribution in [-0.4, -0.2) is 54.6 Å². The minimum absolute atomic E-state index is 0.00906. The first-order chi connectivity index (χ1) is 14.7. The van der Waals surface area contributed by atoms with Gasteiger partial charge in [-0.05, 0) is 62.4 Å². The summed E-state index contributed by atoms with van der Waals surface area (Å²) < 4.78 is 0. The lowest BCUT2D eigenvalue weighted by atomic mass is 10.1. The Bertz CT molecular complexity index is 802. The molecule has 160 valence electrons. The Morgan fingerprint density at radius 1 is 0.900 bits per heavy atom. The van der Waals surface area contributed by atoms with Gasteiger partial charge in [-0.3, -0.25) is 4.90 Å². The third-order valence-electron chi connectivity index (χ3n) is 6.28. The molecule has 2 fully saturated rings. The number of hydrogen-bond acceptors (Lipinski definition) is 3. The van der Waals surface area contributed by atoms with Crippen LogP contribution in [-0.2, 0) is 6.54 Å². The number of anilines is 2. The number of hydrogen-bond donors (Lipinski definition) is 1. The van der Waals surface area contributed by atoms with Crippen LogP contribution in [0.15, 0.2) is 54.6 Å². The summed E-state index contributed by atoms with van der Waals surface area (Å²) >= 11 is 0. The van der Waals surface area contributed by atoms with E-state index in [-0.39, 0.29) is 12.1 Å². The van der Waals surface area contributed by atoms with Gasteiger partial charge in [0.05, 0.1) is 0 Å². The fraction of sp³-hybridized carbons (Fsp3) is 0.480. The molecule has 1 atom stereocenters. The van der Waals surface area contributed by atoms with Crippen molar-refractivity contribution in [2.45, 2.75) is 45.2 Å². The number of piperidine rings is 1. The molecule has 30 heavy (non-hydrogen) atoms. The van der Waals surface area contributed by atoms with Gasteiger partial charge in [-0.25, -0.2) is 4.79 Å². The van der Waals surface area contributed by atoms with Gasteiger partial charge in [0.1, 0.15) is 0 Å². The smallest absolute Gasteiger partial charge is 0.322 e. The van der Waals surface area contributed by atoms with Gasteiger partial charge in [0.15, 0.2) is 0 Å². The van der Waals surface area contributed by atoms with E-state index >= 15 is 0 Å². The average Bonchev–Trinajstić information content (AvgIpc) is 2.96. The first-order valence-electron chi connectivity index (χ1n) is 11.4. The number of carbonyl (C=O) groups excluding carboxylic acids is 1. The minimum atomic E-state index is 0.00906. The maximum atomic E-state index is 13.0. The molecule has 0 aliphatic carbocycles. The van der Waals surface area contributed by atoms with Gasteiger partial charge in [0.2, 0.25) is 0 Å². The highest BCUT2D eigenvalue weighted by atomic mass is 16.2. The maximum absolute atomic E-state index is 13.0. The van der Waals surface area contributed by atoms with E-state index in [1.54, 1.807) is 0 Å². The Kier molecular flexibility index (Phi) is 6.90. The minimum Gasteiger partial charge on any atom is -0.372 e. The fourth-order valence-corrected chi connectivity index (χ4v) is 4.64. The highest BCUT2D eigenvalue weighted by Crippen LogP contribution is 2.22. The Hall–Kier alpha value is -2.53. The number of benzene rings is 2. The third-order valence-corrected chi connectivity index (χ3v) is 6.28. The van der Waals surface area contributed by atoms with Crippen molar-refractivity contribution in [2.75, 3.05) is 42.9 Å². The predicted molar refractivity (Wildman–Crippen MR) is 124 cm³/mol. The molecular formula is C25H34N4O. The van der Waals surface area contributed by atoms with Crippen LogP contribution < -0.4 is 10.2 Å². The predicted octanol–water partition coefficient (Wildman–Crippen LogP) is 4.81.